The van der Waals surface area contributed by atoms with Crippen LogP contribution in [0.1, 0.15) is 26.7 Å². The lowest BCUT2D eigenvalue weighted by Crippen LogP contribution is -2.15. The molecule has 0 bridgehead atoms. The molecule has 1 N–H and O–H groups in total. The number of ether oxygens (including phenoxy) is 2. The minimum Gasteiger partial charge on any atom is -0.393 e. The van der Waals surface area contributed by atoms with E-state index in [4.69, 9.17) is 9.47 Å². The molecule has 0 radical (unpaired) electrons. The zero-order chi connectivity index (χ0) is 10.1. The van der Waals surface area contributed by atoms with Crippen LogP contribution >= 0.6 is 0 Å². The second-order valence-corrected chi connectivity index (χ2v) is 3.56. The zero-order valence-electron chi connectivity index (χ0n) is 8.95. The minimum absolute atomic E-state index is 0.189. The van der Waals surface area contributed by atoms with Gasteiger partial charge in [0.05, 0.1) is 19.3 Å². The maximum absolute atomic E-state index is 9.45. The van der Waals surface area contributed by atoms with Crippen LogP contribution in [0.15, 0.2) is 0 Å². The summed E-state index contributed by atoms with van der Waals surface area (Å²) in [5, 5.41) is 9.45. The third-order valence-corrected chi connectivity index (χ3v) is 1.99. The maximum Gasteiger partial charge on any atom is 0.0700 e. The third-order valence-electron chi connectivity index (χ3n) is 1.99. The van der Waals surface area contributed by atoms with E-state index < -0.39 is 0 Å². The quantitative estimate of drug-likeness (QED) is 0.589. The van der Waals surface area contributed by atoms with Crippen LogP contribution in [-0.4, -0.2) is 38.1 Å². The van der Waals surface area contributed by atoms with Gasteiger partial charge in [-0.15, -0.1) is 0 Å². The van der Waals surface area contributed by atoms with Gasteiger partial charge in [-0.25, -0.2) is 0 Å². The Balaban J connectivity index is 3.07. The molecule has 0 aliphatic rings. The Hall–Kier alpha value is -0.120. The molecule has 3 heteroatoms. The van der Waals surface area contributed by atoms with Crippen molar-refractivity contribution in [3.8, 4) is 0 Å². The van der Waals surface area contributed by atoms with Crippen LogP contribution in [0.5, 0.6) is 0 Å². The lowest BCUT2D eigenvalue weighted by molar-refractivity contribution is 0.0559. The molecule has 80 valence electrons. The number of rotatable bonds is 8. The molecule has 0 aromatic heterocycles. The number of methoxy groups -OCH3 is 1. The Morgan fingerprint density at radius 1 is 1.15 bits per heavy atom. The van der Waals surface area contributed by atoms with Gasteiger partial charge in [0, 0.05) is 13.7 Å². The van der Waals surface area contributed by atoms with Gasteiger partial charge in [0.25, 0.3) is 0 Å². The number of aliphatic hydroxyl groups is 1. The first kappa shape index (κ1) is 12.9. The molecule has 0 rings (SSSR count). The molecule has 0 aliphatic heterocycles. The minimum atomic E-state index is -0.189. The van der Waals surface area contributed by atoms with Gasteiger partial charge in [-0.05, 0) is 18.8 Å². The monoisotopic (exact) mass is 190 g/mol. The van der Waals surface area contributed by atoms with Crippen molar-refractivity contribution in [2.75, 3.05) is 26.9 Å². The van der Waals surface area contributed by atoms with Crippen molar-refractivity contribution in [2.45, 2.75) is 32.8 Å². The van der Waals surface area contributed by atoms with E-state index in [0.29, 0.717) is 25.7 Å². The Morgan fingerprint density at radius 3 is 2.38 bits per heavy atom. The molecule has 0 saturated carbocycles. The zero-order valence-corrected chi connectivity index (χ0v) is 8.95. The second-order valence-electron chi connectivity index (χ2n) is 3.56. The average molecular weight is 190 g/mol. The van der Waals surface area contributed by atoms with Crippen LogP contribution in [0.2, 0.25) is 0 Å². The summed E-state index contributed by atoms with van der Waals surface area (Å²) in [6.45, 7) is 6.06. The lowest BCUT2D eigenvalue weighted by Gasteiger charge is -2.13. The summed E-state index contributed by atoms with van der Waals surface area (Å²) in [7, 11) is 1.66. The third kappa shape index (κ3) is 8.22. The van der Waals surface area contributed by atoms with Crippen molar-refractivity contribution in [1.29, 1.82) is 0 Å². The fraction of sp³-hybridized carbons (Fsp3) is 1.00. The lowest BCUT2D eigenvalue weighted by atomic mass is 10.0. The van der Waals surface area contributed by atoms with Crippen molar-refractivity contribution in [1.82, 2.24) is 0 Å². The average Bonchev–Trinajstić information content (AvgIpc) is 2.10. The van der Waals surface area contributed by atoms with Crippen molar-refractivity contribution in [2.24, 2.45) is 5.92 Å². The van der Waals surface area contributed by atoms with E-state index in [-0.39, 0.29) is 6.10 Å². The summed E-state index contributed by atoms with van der Waals surface area (Å²) in [6.07, 6.45) is 1.55. The van der Waals surface area contributed by atoms with Gasteiger partial charge in [-0.2, -0.15) is 0 Å². The van der Waals surface area contributed by atoms with Gasteiger partial charge in [0.15, 0.2) is 0 Å². The van der Waals surface area contributed by atoms with Gasteiger partial charge in [-0.3, -0.25) is 0 Å². The SMILES string of the molecule is COCCOCCCC(O)C(C)C. The van der Waals surface area contributed by atoms with Crippen LogP contribution in [0.3, 0.4) is 0 Å². The van der Waals surface area contributed by atoms with E-state index in [9.17, 15) is 5.11 Å². The highest BCUT2D eigenvalue weighted by Gasteiger charge is 2.07. The molecule has 13 heavy (non-hydrogen) atoms. The van der Waals surface area contributed by atoms with Crippen molar-refractivity contribution in [3.05, 3.63) is 0 Å². The molecule has 0 amide bonds. The maximum atomic E-state index is 9.45. The highest BCUT2D eigenvalue weighted by molar-refractivity contribution is 4.58. The molecular formula is C10H22O3. The Bertz CT molecular complexity index is 104. The first-order chi connectivity index (χ1) is 6.18. The number of hydrogen-bond acceptors (Lipinski definition) is 3. The molecule has 1 unspecified atom stereocenters. The topological polar surface area (TPSA) is 38.7 Å². The largest absolute Gasteiger partial charge is 0.393 e. The van der Waals surface area contributed by atoms with E-state index in [0.717, 1.165) is 12.8 Å². The molecule has 3 nitrogen and oxygen atoms in total. The molecule has 0 spiro atoms. The van der Waals surface area contributed by atoms with Crippen LogP contribution in [0.25, 0.3) is 0 Å². The Labute approximate surface area is 81.0 Å². The van der Waals surface area contributed by atoms with Gasteiger partial charge in [0.1, 0.15) is 0 Å². The Kier molecular flexibility index (Phi) is 8.40. The summed E-state index contributed by atoms with van der Waals surface area (Å²) in [5.41, 5.74) is 0. The van der Waals surface area contributed by atoms with Crippen LogP contribution in [-0.2, 0) is 9.47 Å². The van der Waals surface area contributed by atoms with E-state index in [1.165, 1.54) is 0 Å². The smallest absolute Gasteiger partial charge is 0.0700 e. The molecule has 0 aromatic rings. The predicted octanol–water partition coefficient (Wildman–Crippen LogP) is 1.45. The fourth-order valence-electron chi connectivity index (χ4n) is 0.972. The highest BCUT2D eigenvalue weighted by atomic mass is 16.5. The second kappa shape index (κ2) is 8.48. The van der Waals surface area contributed by atoms with Crippen molar-refractivity contribution < 1.29 is 14.6 Å². The molecule has 0 aliphatic carbocycles. The molecular weight excluding hydrogens is 168 g/mol. The molecule has 0 saturated heterocycles. The van der Waals surface area contributed by atoms with E-state index in [1.54, 1.807) is 7.11 Å². The van der Waals surface area contributed by atoms with Crippen molar-refractivity contribution >= 4 is 0 Å². The summed E-state index contributed by atoms with van der Waals surface area (Å²) in [4.78, 5) is 0. The molecule has 0 aromatic carbocycles. The van der Waals surface area contributed by atoms with Gasteiger partial charge < -0.3 is 14.6 Å². The van der Waals surface area contributed by atoms with Crippen LogP contribution in [0, 0.1) is 5.92 Å². The fourth-order valence-corrected chi connectivity index (χ4v) is 0.972. The molecule has 1 atom stereocenters. The van der Waals surface area contributed by atoms with E-state index in [2.05, 4.69) is 0 Å². The summed E-state index contributed by atoms with van der Waals surface area (Å²) < 4.78 is 10.1. The van der Waals surface area contributed by atoms with E-state index in [1.807, 2.05) is 13.8 Å². The van der Waals surface area contributed by atoms with Gasteiger partial charge in [0.2, 0.25) is 0 Å². The first-order valence-electron chi connectivity index (χ1n) is 4.93. The normalized spacial score (nSPS) is 13.6. The standard InChI is InChI=1S/C10H22O3/c1-9(2)10(11)5-4-6-13-8-7-12-3/h9-11H,4-8H2,1-3H3. The molecule has 0 fully saturated rings. The van der Waals surface area contributed by atoms with Gasteiger partial charge in [-0.1, -0.05) is 13.8 Å². The van der Waals surface area contributed by atoms with E-state index >= 15 is 0 Å². The highest BCUT2D eigenvalue weighted by Crippen LogP contribution is 2.07. The Morgan fingerprint density at radius 2 is 1.85 bits per heavy atom. The van der Waals surface area contributed by atoms with Crippen molar-refractivity contribution in [3.63, 3.8) is 0 Å². The van der Waals surface area contributed by atoms with Crippen LogP contribution < -0.4 is 0 Å². The number of aliphatic hydroxyl groups excluding tert-OH is 1. The molecule has 0 heterocycles. The number of hydrogen-bond donors (Lipinski definition) is 1. The predicted molar refractivity (Wildman–Crippen MR) is 52.8 cm³/mol. The summed E-state index contributed by atoms with van der Waals surface area (Å²) >= 11 is 0. The van der Waals surface area contributed by atoms with Crippen LogP contribution in [0.4, 0.5) is 0 Å². The first-order valence-corrected chi connectivity index (χ1v) is 4.93. The van der Waals surface area contributed by atoms with Gasteiger partial charge >= 0.3 is 0 Å². The summed E-state index contributed by atoms with van der Waals surface area (Å²) in [6, 6.07) is 0. The summed E-state index contributed by atoms with van der Waals surface area (Å²) in [5.74, 6) is 0.346.